The van der Waals surface area contributed by atoms with E-state index in [0.29, 0.717) is 0 Å². The maximum Gasteiger partial charge on any atom is 0.140 e. The lowest BCUT2D eigenvalue weighted by Crippen LogP contribution is -2.24. The summed E-state index contributed by atoms with van der Waals surface area (Å²) in [7, 11) is 3.31. The fraction of sp³-hybridized carbons (Fsp3) is 0.500. The Bertz CT molecular complexity index is 402. The van der Waals surface area contributed by atoms with Crippen LogP contribution in [0.1, 0.15) is 18.4 Å². The maximum atomic E-state index is 6.12. The van der Waals surface area contributed by atoms with Crippen molar-refractivity contribution in [3.63, 3.8) is 0 Å². The first kappa shape index (κ1) is 11.7. The highest BCUT2D eigenvalue weighted by atomic mass is 79.9. The predicted octanol–water partition coefficient (Wildman–Crippen LogP) is 2.50. The van der Waals surface area contributed by atoms with Crippen molar-refractivity contribution in [3.8, 4) is 11.5 Å². The van der Waals surface area contributed by atoms with Crippen LogP contribution in [-0.2, 0) is 6.42 Å². The maximum absolute atomic E-state index is 6.12. The number of benzene rings is 1. The summed E-state index contributed by atoms with van der Waals surface area (Å²) in [6, 6.07) is 3.96. The second kappa shape index (κ2) is 4.26. The summed E-state index contributed by atoms with van der Waals surface area (Å²) in [4.78, 5) is 0. The smallest absolute Gasteiger partial charge is 0.140 e. The van der Waals surface area contributed by atoms with Crippen LogP contribution in [0.25, 0.3) is 0 Å². The van der Waals surface area contributed by atoms with Gasteiger partial charge in [0.25, 0.3) is 0 Å². The molecule has 0 aliphatic heterocycles. The molecule has 16 heavy (non-hydrogen) atoms. The van der Waals surface area contributed by atoms with E-state index in [2.05, 4.69) is 15.9 Å². The minimum Gasteiger partial charge on any atom is -0.495 e. The number of hydrogen-bond donors (Lipinski definition) is 1. The van der Waals surface area contributed by atoms with Gasteiger partial charge in [0, 0.05) is 5.54 Å². The van der Waals surface area contributed by atoms with E-state index in [0.717, 1.165) is 40.8 Å². The summed E-state index contributed by atoms with van der Waals surface area (Å²) in [5, 5.41) is 0. The highest BCUT2D eigenvalue weighted by molar-refractivity contribution is 9.10. The molecule has 1 aliphatic rings. The standard InChI is InChI=1S/C12H16BrNO2/c1-15-9-4-3-8(7-12(14)5-6-12)11(16-2)10(9)13/h3-4H,5-7,14H2,1-2H3. The van der Waals surface area contributed by atoms with E-state index < -0.39 is 0 Å². The molecule has 0 atom stereocenters. The SMILES string of the molecule is COc1ccc(CC2(N)CC2)c(OC)c1Br. The number of methoxy groups -OCH3 is 2. The van der Waals surface area contributed by atoms with Gasteiger partial charge < -0.3 is 15.2 Å². The number of halogens is 1. The summed E-state index contributed by atoms with van der Waals surface area (Å²) in [5.74, 6) is 1.61. The van der Waals surface area contributed by atoms with Gasteiger partial charge in [-0.25, -0.2) is 0 Å². The van der Waals surface area contributed by atoms with Crippen molar-refractivity contribution >= 4 is 15.9 Å². The quantitative estimate of drug-likeness (QED) is 0.925. The van der Waals surface area contributed by atoms with Gasteiger partial charge in [-0.1, -0.05) is 6.07 Å². The van der Waals surface area contributed by atoms with Gasteiger partial charge >= 0.3 is 0 Å². The first-order valence-corrected chi connectivity index (χ1v) is 6.07. The van der Waals surface area contributed by atoms with Crippen molar-refractivity contribution < 1.29 is 9.47 Å². The third-order valence-corrected chi connectivity index (χ3v) is 3.75. The van der Waals surface area contributed by atoms with Gasteiger partial charge in [0.1, 0.15) is 16.0 Å². The second-order valence-corrected chi connectivity index (χ2v) is 5.11. The lowest BCUT2D eigenvalue weighted by molar-refractivity contribution is 0.385. The average molecular weight is 286 g/mol. The Morgan fingerprint density at radius 1 is 1.31 bits per heavy atom. The first-order valence-electron chi connectivity index (χ1n) is 5.28. The van der Waals surface area contributed by atoms with Gasteiger partial charge in [0.2, 0.25) is 0 Å². The van der Waals surface area contributed by atoms with Crippen LogP contribution in [0.3, 0.4) is 0 Å². The Morgan fingerprint density at radius 3 is 2.50 bits per heavy atom. The minimum absolute atomic E-state index is 0.0126. The van der Waals surface area contributed by atoms with Crippen molar-refractivity contribution in [1.29, 1.82) is 0 Å². The molecular formula is C12H16BrNO2. The van der Waals surface area contributed by atoms with Crippen molar-refractivity contribution in [3.05, 3.63) is 22.2 Å². The lowest BCUT2D eigenvalue weighted by Gasteiger charge is -2.15. The lowest BCUT2D eigenvalue weighted by atomic mass is 10.0. The van der Waals surface area contributed by atoms with Gasteiger partial charge in [-0.05, 0) is 46.8 Å². The number of rotatable bonds is 4. The highest BCUT2D eigenvalue weighted by Crippen LogP contribution is 2.42. The van der Waals surface area contributed by atoms with Gasteiger partial charge in [0.15, 0.2) is 0 Å². The zero-order valence-corrected chi connectivity index (χ0v) is 11.1. The summed E-state index contributed by atoms with van der Waals surface area (Å²) < 4.78 is 11.5. The fourth-order valence-electron chi connectivity index (χ4n) is 1.81. The predicted molar refractivity (Wildman–Crippen MR) is 67.1 cm³/mol. The molecule has 88 valence electrons. The van der Waals surface area contributed by atoms with Gasteiger partial charge in [-0.3, -0.25) is 0 Å². The Morgan fingerprint density at radius 2 is 2.00 bits per heavy atom. The van der Waals surface area contributed by atoms with Crippen LogP contribution in [0.2, 0.25) is 0 Å². The third-order valence-electron chi connectivity index (χ3n) is 3.00. The Hall–Kier alpha value is -0.740. The topological polar surface area (TPSA) is 44.5 Å². The van der Waals surface area contributed by atoms with Gasteiger partial charge in [-0.2, -0.15) is 0 Å². The molecule has 0 aromatic heterocycles. The van der Waals surface area contributed by atoms with Crippen LogP contribution in [0.5, 0.6) is 11.5 Å². The van der Waals surface area contributed by atoms with E-state index in [9.17, 15) is 0 Å². The molecule has 1 aromatic rings. The highest BCUT2D eigenvalue weighted by Gasteiger charge is 2.39. The normalized spacial score (nSPS) is 17.0. The second-order valence-electron chi connectivity index (χ2n) is 4.31. The van der Waals surface area contributed by atoms with Crippen LogP contribution < -0.4 is 15.2 Å². The molecule has 2 N–H and O–H groups in total. The molecular weight excluding hydrogens is 270 g/mol. The summed E-state index contributed by atoms with van der Waals surface area (Å²) in [5.41, 5.74) is 7.24. The number of hydrogen-bond acceptors (Lipinski definition) is 3. The molecule has 0 unspecified atom stereocenters. The van der Waals surface area contributed by atoms with E-state index in [4.69, 9.17) is 15.2 Å². The zero-order chi connectivity index (χ0) is 11.8. The van der Waals surface area contributed by atoms with Crippen molar-refractivity contribution in [2.75, 3.05) is 14.2 Å². The molecule has 4 heteroatoms. The van der Waals surface area contributed by atoms with Gasteiger partial charge in [-0.15, -0.1) is 0 Å². The molecule has 0 radical (unpaired) electrons. The van der Waals surface area contributed by atoms with Crippen LogP contribution in [0.4, 0.5) is 0 Å². The molecule has 0 amide bonds. The van der Waals surface area contributed by atoms with Crippen LogP contribution >= 0.6 is 15.9 Å². The summed E-state index contributed by atoms with van der Waals surface area (Å²) in [6.07, 6.45) is 3.05. The van der Waals surface area contributed by atoms with Crippen LogP contribution in [0, 0.1) is 0 Å². The Kier molecular flexibility index (Phi) is 3.13. The Labute approximate surface area is 104 Å². The summed E-state index contributed by atoms with van der Waals surface area (Å²) >= 11 is 3.49. The molecule has 3 nitrogen and oxygen atoms in total. The number of nitrogens with two attached hydrogens (primary N) is 1. The molecule has 2 rings (SSSR count). The largest absolute Gasteiger partial charge is 0.495 e. The summed E-state index contributed by atoms with van der Waals surface area (Å²) in [6.45, 7) is 0. The molecule has 0 spiro atoms. The average Bonchev–Trinajstić information content (AvgIpc) is 2.97. The molecule has 0 saturated heterocycles. The Balaban J connectivity index is 2.33. The fourth-order valence-corrected chi connectivity index (χ4v) is 2.52. The van der Waals surface area contributed by atoms with Crippen LogP contribution in [0.15, 0.2) is 16.6 Å². The zero-order valence-electron chi connectivity index (χ0n) is 9.55. The molecule has 0 heterocycles. The molecule has 1 fully saturated rings. The number of ether oxygens (including phenoxy) is 2. The molecule has 1 aliphatic carbocycles. The van der Waals surface area contributed by atoms with E-state index in [1.54, 1.807) is 14.2 Å². The van der Waals surface area contributed by atoms with E-state index >= 15 is 0 Å². The van der Waals surface area contributed by atoms with E-state index in [1.807, 2.05) is 12.1 Å². The van der Waals surface area contributed by atoms with Crippen molar-refractivity contribution in [1.82, 2.24) is 0 Å². The minimum atomic E-state index is -0.0126. The van der Waals surface area contributed by atoms with Crippen molar-refractivity contribution in [2.45, 2.75) is 24.8 Å². The van der Waals surface area contributed by atoms with Crippen molar-refractivity contribution in [2.24, 2.45) is 5.73 Å². The van der Waals surface area contributed by atoms with Gasteiger partial charge in [0.05, 0.1) is 14.2 Å². The monoisotopic (exact) mass is 285 g/mol. The first-order chi connectivity index (χ1) is 7.59. The van der Waals surface area contributed by atoms with E-state index in [1.165, 1.54) is 0 Å². The molecule has 1 saturated carbocycles. The molecule has 1 aromatic carbocycles. The van der Waals surface area contributed by atoms with Crippen LogP contribution in [-0.4, -0.2) is 19.8 Å². The molecule has 0 bridgehead atoms. The van der Waals surface area contributed by atoms with E-state index in [-0.39, 0.29) is 5.54 Å². The third kappa shape index (κ3) is 2.18.